The van der Waals surface area contributed by atoms with Gasteiger partial charge in [-0.1, -0.05) is 12.6 Å². The molecule has 0 radical (unpaired) electrons. The van der Waals surface area contributed by atoms with Gasteiger partial charge in [0.2, 0.25) is 5.91 Å². The fourth-order valence-corrected chi connectivity index (χ4v) is 6.09. The Labute approximate surface area is 248 Å². The molecule has 0 spiro atoms. The monoisotopic (exact) mass is 579 g/mol. The lowest BCUT2D eigenvalue weighted by Gasteiger charge is -2.40. The number of aromatic nitrogens is 5. The topological polar surface area (TPSA) is 133 Å². The molecule has 1 amide bonds. The van der Waals surface area contributed by atoms with Gasteiger partial charge in [0.25, 0.3) is 5.56 Å². The summed E-state index contributed by atoms with van der Waals surface area (Å²) in [5.74, 6) is 0.688. The van der Waals surface area contributed by atoms with E-state index in [0.29, 0.717) is 49.1 Å². The molecule has 2 aliphatic rings. The van der Waals surface area contributed by atoms with Crippen LogP contribution in [-0.2, 0) is 4.79 Å². The molecule has 0 bridgehead atoms. The summed E-state index contributed by atoms with van der Waals surface area (Å²) in [5, 5.41) is 10.3. The quantitative estimate of drug-likeness (QED) is 0.301. The number of likely N-dealkylation sites (tertiary alicyclic amines) is 1. The molecule has 4 aromatic rings. The molecule has 0 N–H and O–H groups in total. The summed E-state index contributed by atoms with van der Waals surface area (Å²) in [4.78, 5) is 51.4. The van der Waals surface area contributed by atoms with Crippen LogP contribution in [0.4, 0.5) is 5.82 Å². The largest absolute Gasteiger partial charge is 0.462 e. The van der Waals surface area contributed by atoms with Gasteiger partial charge in [-0.05, 0) is 63.7 Å². The number of rotatable bonds is 7. The van der Waals surface area contributed by atoms with E-state index in [0.717, 1.165) is 30.3 Å². The Morgan fingerprint density at radius 1 is 1.14 bits per heavy atom. The van der Waals surface area contributed by atoms with Crippen molar-refractivity contribution < 1.29 is 9.53 Å². The van der Waals surface area contributed by atoms with Crippen LogP contribution in [0.3, 0.4) is 0 Å². The van der Waals surface area contributed by atoms with Gasteiger partial charge in [-0.3, -0.25) is 19.1 Å². The van der Waals surface area contributed by atoms with E-state index in [1.807, 2.05) is 35.2 Å². The van der Waals surface area contributed by atoms with Crippen LogP contribution in [0, 0.1) is 18.3 Å². The highest BCUT2D eigenvalue weighted by Gasteiger charge is 2.32. The van der Waals surface area contributed by atoms with Crippen LogP contribution in [-0.4, -0.2) is 92.1 Å². The molecular weight excluding hydrogens is 546 g/mol. The first-order valence-electron chi connectivity index (χ1n) is 14.4. The first kappa shape index (κ1) is 28.2. The standard InChI is InChI=1S/C31H33N9O3/c1-4-26(41)39-17-16-38(18-21(39)12-13-32)29-27-28(35-31(36-29)43-19-22-8-7-15-37(22)3)30(42)40(20(2)34-27)25-11-5-10-24-23(25)9-6-14-33-24/h4-6,9-11,14,21-22H,1,7-8,12,15-19H2,2-3H3/t21-,22?/m0/s1. The van der Waals surface area contributed by atoms with Crippen LogP contribution in [0.1, 0.15) is 25.1 Å². The van der Waals surface area contributed by atoms with E-state index in [9.17, 15) is 14.9 Å². The molecular formula is C31H33N9O3. The number of aryl methyl sites for hydroxylation is 1. The fourth-order valence-electron chi connectivity index (χ4n) is 6.09. The summed E-state index contributed by atoms with van der Waals surface area (Å²) >= 11 is 0. The van der Waals surface area contributed by atoms with Gasteiger partial charge in [0.15, 0.2) is 11.3 Å². The number of carbonyl (C=O) groups excluding carboxylic acids is 1. The summed E-state index contributed by atoms with van der Waals surface area (Å²) in [6.45, 7) is 7.91. The molecule has 2 atom stereocenters. The second-order valence-corrected chi connectivity index (χ2v) is 11.0. The van der Waals surface area contributed by atoms with E-state index in [1.165, 1.54) is 6.08 Å². The van der Waals surface area contributed by atoms with Crippen LogP contribution in [0.2, 0.25) is 0 Å². The third-order valence-electron chi connectivity index (χ3n) is 8.35. The van der Waals surface area contributed by atoms with Crippen LogP contribution in [0.5, 0.6) is 6.01 Å². The smallest absolute Gasteiger partial charge is 0.319 e. The number of fused-ring (bicyclic) bond motifs is 2. The lowest BCUT2D eigenvalue weighted by atomic mass is 10.1. The maximum absolute atomic E-state index is 14.3. The molecule has 5 heterocycles. The van der Waals surface area contributed by atoms with Gasteiger partial charge in [-0.15, -0.1) is 0 Å². The van der Waals surface area contributed by atoms with E-state index < -0.39 is 0 Å². The number of nitrogens with zero attached hydrogens (tertiary/aromatic N) is 9. The van der Waals surface area contributed by atoms with Crippen molar-refractivity contribution in [1.82, 2.24) is 34.3 Å². The van der Waals surface area contributed by atoms with E-state index in [2.05, 4.69) is 34.6 Å². The lowest BCUT2D eigenvalue weighted by Crippen LogP contribution is -2.55. The van der Waals surface area contributed by atoms with Gasteiger partial charge >= 0.3 is 6.01 Å². The second kappa shape index (κ2) is 11.8. The molecule has 2 saturated heterocycles. The Balaban J connectivity index is 1.48. The van der Waals surface area contributed by atoms with Crippen molar-refractivity contribution in [3.05, 3.63) is 65.4 Å². The lowest BCUT2D eigenvalue weighted by molar-refractivity contribution is -0.128. The number of amides is 1. The minimum Gasteiger partial charge on any atom is -0.462 e. The molecule has 3 aromatic heterocycles. The number of ether oxygens (including phenoxy) is 1. The summed E-state index contributed by atoms with van der Waals surface area (Å²) in [6, 6.07) is 11.5. The van der Waals surface area contributed by atoms with Gasteiger partial charge in [-0.2, -0.15) is 15.2 Å². The van der Waals surface area contributed by atoms with Gasteiger partial charge in [0.05, 0.1) is 29.7 Å². The number of likely N-dealkylation sites (N-methyl/N-ethyl adjacent to an activating group) is 1. The van der Waals surface area contributed by atoms with E-state index >= 15 is 0 Å². The van der Waals surface area contributed by atoms with E-state index in [-0.39, 0.29) is 41.5 Å². The maximum Gasteiger partial charge on any atom is 0.319 e. The highest BCUT2D eigenvalue weighted by molar-refractivity contribution is 5.90. The first-order valence-corrected chi connectivity index (χ1v) is 14.4. The zero-order valence-corrected chi connectivity index (χ0v) is 24.3. The number of nitriles is 1. The average molecular weight is 580 g/mol. The van der Waals surface area contributed by atoms with Crippen LogP contribution in [0.15, 0.2) is 54.0 Å². The number of hydrogen-bond acceptors (Lipinski definition) is 10. The Bertz CT molecular complexity index is 1810. The molecule has 12 nitrogen and oxygen atoms in total. The number of hydrogen-bond donors (Lipinski definition) is 0. The molecule has 2 aliphatic heterocycles. The first-order chi connectivity index (χ1) is 20.9. The molecule has 0 aliphatic carbocycles. The predicted octanol–water partition coefficient (Wildman–Crippen LogP) is 2.62. The Kier molecular flexibility index (Phi) is 7.73. The van der Waals surface area contributed by atoms with Crippen LogP contribution in [0.25, 0.3) is 27.6 Å². The Morgan fingerprint density at radius 3 is 2.77 bits per heavy atom. The summed E-state index contributed by atoms with van der Waals surface area (Å²) in [6.07, 6.45) is 5.23. The van der Waals surface area contributed by atoms with Crippen LogP contribution < -0.4 is 15.2 Å². The van der Waals surface area contributed by atoms with Crippen molar-refractivity contribution >= 4 is 33.7 Å². The molecule has 12 heteroatoms. The van der Waals surface area contributed by atoms with Crippen molar-refractivity contribution in [2.75, 3.05) is 44.7 Å². The number of pyridine rings is 1. The van der Waals surface area contributed by atoms with Crippen LogP contribution >= 0.6 is 0 Å². The highest BCUT2D eigenvalue weighted by Crippen LogP contribution is 2.29. The van der Waals surface area contributed by atoms with E-state index in [1.54, 1.807) is 22.6 Å². The fraction of sp³-hybridized carbons (Fsp3) is 0.387. The second-order valence-electron chi connectivity index (χ2n) is 11.0. The maximum atomic E-state index is 14.3. The summed E-state index contributed by atoms with van der Waals surface area (Å²) in [5.41, 5.74) is 1.55. The normalized spacial score (nSPS) is 19.1. The number of carbonyl (C=O) groups is 1. The number of piperazine rings is 1. The van der Waals surface area contributed by atoms with Crippen molar-refractivity contribution in [2.45, 2.75) is 38.3 Å². The minimum absolute atomic E-state index is 0.0955. The average Bonchev–Trinajstić information content (AvgIpc) is 3.44. The molecule has 6 rings (SSSR count). The van der Waals surface area contributed by atoms with Crippen molar-refractivity contribution in [2.24, 2.45) is 0 Å². The number of benzene rings is 1. The molecule has 220 valence electrons. The molecule has 1 aromatic carbocycles. The van der Waals surface area contributed by atoms with Gasteiger partial charge in [0.1, 0.15) is 17.9 Å². The van der Waals surface area contributed by atoms with Crippen molar-refractivity contribution in [3.63, 3.8) is 0 Å². The molecule has 0 saturated carbocycles. The van der Waals surface area contributed by atoms with Gasteiger partial charge < -0.3 is 19.4 Å². The predicted molar refractivity (Wildman–Crippen MR) is 162 cm³/mol. The minimum atomic E-state index is -0.379. The zero-order chi connectivity index (χ0) is 30.1. The van der Waals surface area contributed by atoms with Gasteiger partial charge in [0, 0.05) is 37.3 Å². The molecule has 2 fully saturated rings. The third kappa shape index (κ3) is 5.28. The van der Waals surface area contributed by atoms with E-state index in [4.69, 9.17) is 14.7 Å². The molecule has 1 unspecified atom stereocenters. The van der Waals surface area contributed by atoms with Crippen molar-refractivity contribution in [3.8, 4) is 17.8 Å². The summed E-state index contributed by atoms with van der Waals surface area (Å²) < 4.78 is 7.70. The van der Waals surface area contributed by atoms with Gasteiger partial charge in [-0.25, -0.2) is 4.98 Å². The number of anilines is 1. The SMILES string of the molecule is C=CC(=O)N1CCN(c2nc(OCC3CCCN3C)nc3c(=O)n(-c4cccc5ncccc45)c(C)nc23)C[C@@H]1CC#N. The highest BCUT2D eigenvalue weighted by atomic mass is 16.5. The third-order valence-corrected chi connectivity index (χ3v) is 8.35. The Morgan fingerprint density at radius 2 is 2.00 bits per heavy atom. The molecule has 43 heavy (non-hydrogen) atoms. The Hall–Kier alpha value is -4.89. The van der Waals surface area contributed by atoms with Crippen molar-refractivity contribution in [1.29, 1.82) is 5.26 Å². The zero-order valence-electron chi connectivity index (χ0n) is 24.3. The summed E-state index contributed by atoms with van der Waals surface area (Å²) in [7, 11) is 2.07.